The number of carbonyl (C=O) groups is 1. The van der Waals surface area contributed by atoms with Crippen LogP contribution in [0.4, 0.5) is 0 Å². The lowest BCUT2D eigenvalue weighted by Gasteiger charge is -2.24. The Morgan fingerprint density at radius 2 is 1.80 bits per heavy atom. The van der Waals surface area contributed by atoms with Crippen molar-refractivity contribution in [1.82, 2.24) is 4.57 Å². The molecule has 1 aliphatic heterocycles. The molecule has 0 aliphatic carbocycles. The van der Waals surface area contributed by atoms with Crippen LogP contribution in [0.25, 0.3) is 6.08 Å². The number of esters is 1. The molecule has 5 rings (SSSR count). The van der Waals surface area contributed by atoms with E-state index in [9.17, 15) is 9.59 Å². The number of hydrogen-bond donors (Lipinski definition) is 0. The summed E-state index contributed by atoms with van der Waals surface area (Å²) >= 11 is 20.8. The molecule has 0 bridgehead atoms. The third kappa shape index (κ3) is 6.84. The van der Waals surface area contributed by atoms with Crippen LogP contribution in [0.5, 0.6) is 11.5 Å². The molecule has 0 spiro atoms. The van der Waals surface area contributed by atoms with Gasteiger partial charge in [-0.2, -0.15) is 0 Å². The molecule has 0 saturated heterocycles. The minimum Gasteiger partial charge on any atom is -0.494 e. The lowest BCUT2D eigenvalue weighted by atomic mass is 9.96. The van der Waals surface area contributed by atoms with Gasteiger partial charge in [-0.1, -0.05) is 68.7 Å². The van der Waals surface area contributed by atoms with E-state index in [4.69, 9.17) is 37.4 Å². The van der Waals surface area contributed by atoms with E-state index in [1.54, 1.807) is 42.7 Å². The predicted molar refractivity (Wildman–Crippen MR) is 181 cm³/mol. The predicted octanol–water partition coefficient (Wildman–Crippen LogP) is 7.61. The fourth-order valence-electron chi connectivity index (χ4n) is 4.79. The van der Waals surface area contributed by atoms with Crippen molar-refractivity contribution in [2.45, 2.75) is 33.4 Å². The summed E-state index contributed by atoms with van der Waals surface area (Å²) in [5, 5.41) is 1.02. The van der Waals surface area contributed by atoms with Gasteiger partial charge >= 0.3 is 5.97 Å². The van der Waals surface area contributed by atoms with Gasteiger partial charge in [0.25, 0.3) is 5.56 Å². The number of nitrogens with zero attached hydrogens (tertiary/aromatic N) is 2. The van der Waals surface area contributed by atoms with Crippen LogP contribution in [0.1, 0.15) is 43.5 Å². The fraction of sp³-hybridized carbons (Fsp3) is 0.219. The normalized spacial score (nSPS) is 14.7. The zero-order valence-corrected chi connectivity index (χ0v) is 29.3. The van der Waals surface area contributed by atoms with E-state index < -0.39 is 12.0 Å². The number of halogens is 4. The van der Waals surface area contributed by atoms with E-state index in [0.717, 1.165) is 15.6 Å². The Bertz CT molecular complexity index is 1950. The van der Waals surface area contributed by atoms with Crippen LogP contribution in [0.15, 0.2) is 84.6 Å². The molecule has 7 nitrogen and oxygen atoms in total. The van der Waals surface area contributed by atoms with Crippen LogP contribution in [0.2, 0.25) is 10.0 Å². The quantitative estimate of drug-likeness (QED) is 0.164. The molecule has 44 heavy (non-hydrogen) atoms. The summed E-state index contributed by atoms with van der Waals surface area (Å²) in [4.78, 5) is 32.5. The maximum absolute atomic E-state index is 14.1. The number of hydrogen-bond acceptors (Lipinski definition) is 7. The second-order valence-corrected chi connectivity index (χ2v) is 13.3. The van der Waals surface area contributed by atoms with Crippen molar-refractivity contribution < 1.29 is 19.0 Å². The number of rotatable bonds is 9. The summed E-state index contributed by atoms with van der Waals surface area (Å²) in [6.07, 6.45) is 1.76. The van der Waals surface area contributed by atoms with Gasteiger partial charge in [-0.3, -0.25) is 9.36 Å². The Morgan fingerprint density at radius 1 is 1.05 bits per heavy atom. The first-order chi connectivity index (χ1) is 21.1. The third-order valence-electron chi connectivity index (χ3n) is 6.73. The average molecular weight is 781 g/mol. The molecule has 1 aromatic heterocycles. The molecule has 228 valence electrons. The number of benzene rings is 3. The van der Waals surface area contributed by atoms with E-state index in [2.05, 4.69) is 36.9 Å². The van der Waals surface area contributed by atoms with Gasteiger partial charge in [-0.25, -0.2) is 9.79 Å². The average Bonchev–Trinajstić information content (AvgIpc) is 3.27. The van der Waals surface area contributed by atoms with Crippen LogP contribution >= 0.6 is 66.4 Å². The molecule has 1 atom stereocenters. The van der Waals surface area contributed by atoms with Crippen molar-refractivity contribution in [3.8, 4) is 11.5 Å². The van der Waals surface area contributed by atoms with Gasteiger partial charge in [0, 0.05) is 25.6 Å². The maximum Gasteiger partial charge on any atom is 0.338 e. The third-order valence-corrected chi connectivity index (χ3v) is 9.35. The van der Waals surface area contributed by atoms with Crippen LogP contribution in [0, 0.1) is 0 Å². The number of aromatic nitrogens is 1. The molecular formula is C32H26Br2Cl2N2O5S. The Labute approximate surface area is 284 Å². The standard InChI is InChI=1S/C32H26Br2Cl2N2O5S/c1-4-41-23-10-7-18(8-11-23)28-27(31(40)42-5-2)17(3)37-32-38(28)30(39)26(44-32)13-20-12-21(33)14-24(34)29(20)43-16-19-6-9-22(35)15-25(19)36/h6-15,28H,4-5,16H2,1-3H3/b26-13-/t28-/m1/s1. The van der Waals surface area contributed by atoms with Gasteiger partial charge < -0.3 is 14.2 Å². The fourth-order valence-corrected chi connectivity index (χ4v) is 7.66. The van der Waals surface area contributed by atoms with Crippen molar-refractivity contribution in [2.24, 2.45) is 4.99 Å². The largest absolute Gasteiger partial charge is 0.494 e. The van der Waals surface area contributed by atoms with Gasteiger partial charge in [0.15, 0.2) is 4.80 Å². The SMILES string of the molecule is CCOC(=O)C1=C(C)N=c2s/c(=C\c3cc(Br)cc(Br)c3OCc3ccc(Cl)cc3Cl)c(=O)n2[C@@H]1c1ccc(OCC)cc1. The minimum absolute atomic E-state index is 0.179. The zero-order chi connectivity index (χ0) is 31.5. The first-order valence-corrected chi connectivity index (χ1v) is 16.7. The minimum atomic E-state index is -0.736. The molecule has 2 heterocycles. The van der Waals surface area contributed by atoms with E-state index in [-0.39, 0.29) is 18.8 Å². The van der Waals surface area contributed by atoms with Crippen LogP contribution in [-0.4, -0.2) is 23.8 Å². The number of allylic oxidation sites excluding steroid dienone is 1. The molecule has 3 aromatic carbocycles. The van der Waals surface area contributed by atoms with Crippen molar-refractivity contribution in [3.05, 3.63) is 121 Å². The number of ether oxygens (including phenoxy) is 3. The monoisotopic (exact) mass is 778 g/mol. The smallest absolute Gasteiger partial charge is 0.338 e. The molecule has 12 heteroatoms. The van der Waals surface area contributed by atoms with Crippen LogP contribution < -0.4 is 24.4 Å². The van der Waals surface area contributed by atoms with Gasteiger partial charge in [0.1, 0.15) is 18.1 Å². The van der Waals surface area contributed by atoms with E-state index in [1.165, 1.54) is 11.3 Å². The van der Waals surface area contributed by atoms with Gasteiger partial charge in [0.2, 0.25) is 0 Å². The molecule has 0 fully saturated rings. The number of thiazole rings is 1. The Hall–Kier alpha value is -2.89. The highest BCUT2D eigenvalue weighted by Crippen LogP contribution is 2.35. The highest BCUT2D eigenvalue weighted by atomic mass is 79.9. The van der Waals surface area contributed by atoms with Crippen LogP contribution in [-0.2, 0) is 16.1 Å². The van der Waals surface area contributed by atoms with Gasteiger partial charge in [-0.15, -0.1) is 0 Å². The molecule has 0 amide bonds. The summed E-state index contributed by atoms with van der Waals surface area (Å²) < 4.78 is 20.7. The first-order valence-electron chi connectivity index (χ1n) is 13.6. The topological polar surface area (TPSA) is 79.1 Å². The van der Waals surface area contributed by atoms with Crippen molar-refractivity contribution in [1.29, 1.82) is 0 Å². The summed E-state index contributed by atoms with van der Waals surface area (Å²) in [6, 6.07) is 15.5. The van der Waals surface area contributed by atoms with E-state index in [1.807, 2.05) is 43.3 Å². The zero-order valence-electron chi connectivity index (χ0n) is 23.8. The molecule has 0 radical (unpaired) electrons. The Morgan fingerprint density at radius 3 is 2.48 bits per heavy atom. The number of fused-ring (bicyclic) bond motifs is 1. The summed E-state index contributed by atoms with van der Waals surface area (Å²) in [6.45, 7) is 6.29. The molecular weight excluding hydrogens is 755 g/mol. The summed E-state index contributed by atoms with van der Waals surface area (Å²) in [7, 11) is 0. The van der Waals surface area contributed by atoms with Crippen molar-refractivity contribution in [2.75, 3.05) is 13.2 Å². The second kappa shape index (κ2) is 14.0. The lowest BCUT2D eigenvalue weighted by molar-refractivity contribution is -0.139. The highest BCUT2D eigenvalue weighted by molar-refractivity contribution is 9.11. The Kier molecular flexibility index (Phi) is 10.4. The van der Waals surface area contributed by atoms with Crippen LogP contribution in [0.3, 0.4) is 0 Å². The lowest BCUT2D eigenvalue weighted by Crippen LogP contribution is -2.39. The second-order valence-electron chi connectivity index (χ2n) is 9.63. The van der Waals surface area contributed by atoms with E-state index in [0.29, 0.717) is 58.8 Å². The highest BCUT2D eigenvalue weighted by Gasteiger charge is 2.33. The summed E-state index contributed by atoms with van der Waals surface area (Å²) in [5.41, 5.74) is 2.64. The molecule has 1 aliphatic rings. The van der Waals surface area contributed by atoms with Gasteiger partial charge in [-0.05, 0) is 84.7 Å². The molecule has 4 aromatic rings. The van der Waals surface area contributed by atoms with Gasteiger partial charge in [0.05, 0.1) is 39.5 Å². The summed E-state index contributed by atoms with van der Waals surface area (Å²) in [5.74, 6) is 0.695. The maximum atomic E-state index is 14.1. The Balaban J connectivity index is 1.63. The molecule has 0 saturated carbocycles. The van der Waals surface area contributed by atoms with E-state index >= 15 is 0 Å². The number of carbonyl (C=O) groups excluding carboxylic acids is 1. The molecule has 0 unspecified atom stereocenters. The van der Waals surface area contributed by atoms with Crippen molar-refractivity contribution >= 4 is 78.4 Å². The molecule has 0 N–H and O–H groups in total. The van der Waals surface area contributed by atoms with Crippen molar-refractivity contribution in [3.63, 3.8) is 0 Å². The first kappa shape index (κ1) is 32.5.